The van der Waals surface area contributed by atoms with Crippen molar-refractivity contribution >= 4 is 39.9 Å². The number of benzene rings is 3. The quantitative estimate of drug-likeness (QED) is 0.265. The summed E-state index contributed by atoms with van der Waals surface area (Å²) in [5, 5.41) is 2.67. The third-order valence-electron chi connectivity index (χ3n) is 7.96. The van der Waals surface area contributed by atoms with Crippen LogP contribution in [0.15, 0.2) is 72.8 Å². The zero-order valence-electron chi connectivity index (χ0n) is 21.7. The molecule has 1 atom stereocenters. The lowest BCUT2D eigenvalue weighted by Crippen LogP contribution is -2.47. The van der Waals surface area contributed by atoms with Crippen LogP contribution >= 0.6 is 23.2 Å². The first-order chi connectivity index (χ1) is 18.5. The lowest BCUT2D eigenvalue weighted by molar-refractivity contribution is 0.103. The van der Waals surface area contributed by atoms with Crippen LogP contribution < -0.4 is 4.90 Å². The van der Waals surface area contributed by atoms with Crippen molar-refractivity contribution < 1.29 is 0 Å². The number of halogens is 2. The number of fused-ring (bicyclic) bond motifs is 1. The van der Waals surface area contributed by atoms with Crippen molar-refractivity contribution in [2.24, 2.45) is 0 Å². The highest BCUT2D eigenvalue weighted by atomic mass is 35.5. The van der Waals surface area contributed by atoms with Gasteiger partial charge in [0.25, 0.3) is 0 Å². The summed E-state index contributed by atoms with van der Waals surface area (Å²) in [7, 11) is 0. The highest BCUT2D eigenvalue weighted by Crippen LogP contribution is 2.33. The zero-order chi connectivity index (χ0) is 26.1. The fraction of sp³-hybridized carbons (Fsp3) is 0.355. The van der Waals surface area contributed by atoms with E-state index in [1.807, 2.05) is 24.3 Å². The van der Waals surface area contributed by atoms with E-state index in [1.165, 1.54) is 24.0 Å². The maximum atomic E-state index is 6.21. The van der Waals surface area contributed by atoms with Gasteiger partial charge >= 0.3 is 0 Å². The average molecular weight is 547 g/mol. The van der Waals surface area contributed by atoms with Gasteiger partial charge in [-0.3, -0.25) is 9.80 Å². The van der Waals surface area contributed by atoms with E-state index in [2.05, 4.69) is 70.2 Å². The molecule has 2 saturated heterocycles. The summed E-state index contributed by atoms with van der Waals surface area (Å²) in [6.07, 6.45) is 2.44. The van der Waals surface area contributed by atoms with Crippen LogP contribution in [0.5, 0.6) is 0 Å². The molecule has 38 heavy (non-hydrogen) atoms. The lowest BCUT2D eigenvalue weighted by atomic mass is 9.96. The van der Waals surface area contributed by atoms with E-state index >= 15 is 0 Å². The van der Waals surface area contributed by atoms with Crippen molar-refractivity contribution in [3.8, 4) is 0 Å². The van der Waals surface area contributed by atoms with Crippen LogP contribution in [0.2, 0.25) is 10.0 Å². The van der Waals surface area contributed by atoms with E-state index in [-0.39, 0.29) is 6.04 Å². The Labute approximate surface area is 235 Å². The summed E-state index contributed by atoms with van der Waals surface area (Å²) in [5.74, 6) is 2.01. The molecular weight excluding hydrogens is 513 g/mol. The molecule has 1 unspecified atom stereocenters. The van der Waals surface area contributed by atoms with Crippen molar-refractivity contribution in [1.82, 2.24) is 19.8 Å². The predicted octanol–water partition coefficient (Wildman–Crippen LogP) is 6.83. The van der Waals surface area contributed by atoms with Gasteiger partial charge in [0.05, 0.1) is 18.1 Å². The predicted molar refractivity (Wildman–Crippen MR) is 157 cm³/mol. The summed E-state index contributed by atoms with van der Waals surface area (Å²) in [6, 6.07) is 25.6. The Hall–Kier alpha value is -2.70. The van der Waals surface area contributed by atoms with Crippen LogP contribution in [0.1, 0.15) is 42.8 Å². The first-order valence-electron chi connectivity index (χ1n) is 13.5. The van der Waals surface area contributed by atoms with Crippen molar-refractivity contribution in [2.45, 2.75) is 38.4 Å². The molecule has 0 radical (unpaired) electrons. The minimum Gasteiger partial charge on any atom is -0.353 e. The maximum Gasteiger partial charge on any atom is 0.145 e. The molecule has 2 fully saturated rings. The first kappa shape index (κ1) is 25.6. The topological polar surface area (TPSA) is 35.5 Å². The minimum atomic E-state index is 0.159. The monoisotopic (exact) mass is 545 g/mol. The normalized spacial score (nSPS) is 19.1. The van der Waals surface area contributed by atoms with Gasteiger partial charge in [0.2, 0.25) is 0 Å². The first-order valence-corrected chi connectivity index (χ1v) is 14.3. The number of piperazine rings is 1. The van der Waals surface area contributed by atoms with Crippen LogP contribution in [0, 0.1) is 0 Å². The molecule has 0 saturated carbocycles. The molecule has 1 aromatic heterocycles. The van der Waals surface area contributed by atoms with Crippen LogP contribution in [-0.2, 0) is 6.54 Å². The van der Waals surface area contributed by atoms with E-state index in [1.54, 1.807) is 0 Å². The standard InChI is InChI=1S/C31H33Cl2N5/c1-22-5-4-16-38(22)31-27-6-2-3-7-28(27)34-29(35-31)21-36-17-19-37(20-18-36)30(23-8-12-25(32)13-9-23)24-10-14-26(33)15-11-24/h2-3,6-15,22,30H,4-5,16-21H2,1H3. The minimum absolute atomic E-state index is 0.159. The number of nitrogens with zero attached hydrogens (tertiary/aromatic N) is 5. The molecule has 0 N–H and O–H groups in total. The molecular formula is C31H33Cl2N5. The molecule has 3 heterocycles. The second-order valence-electron chi connectivity index (χ2n) is 10.5. The third kappa shape index (κ3) is 5.39. The Balaban J connectivity index is 1.21. The van der Waals surface area contributed by atoms with E-state index < -0.39 is 0 Å². The van der Waals surface area contributed by atoms with Crippen molar-refractivity contribution in [3.63, 3.8) is 0 Å². The van der Waals surface area contributed by atoms with Gasteiger partial charge in [-0.25, -0.2) is 9.97 Å². The summed E-state index contributed by atoms with van der Waals surface area (Å²) < 4.78 is 0. The number of hydrogen-bond acceptors (Lipinski definition) is 5. The second-order valence-corrected chi connectivity index (χ2v) is 11.4. The average Bonchev–Trinajstić information content (AvgIpc) is 3.37. The van der Waals surface area contributed by atoms with E-state index in [9.17, 15) is 0 Å². The Morgan fingerprint density at radius 1 is 0.789 bits per heavy atom. The van der Waals surface area contributed by atoms with Gasteiger partial charge in [-0.05, 0) is 67.3 Å². The lowest BCUT2D eigenvalue weighted by Gasteiger charge is -2.39. The summed E-state index contributed by atoms with van der Waals surface area (Å²) in [6.45, 7) is 7.98. The zero-order valence-corrected chi connectivity index (χ0v) is 23.2. The Morgan fingerprint density at radius 3 is 2.03 bits per heavy atom. The van der Waals surface area contributed by atoms with Gasteiger partial charge in [-0.15, -0.1) is 0 Å². The highest BCUT2D eigenvalue weighted by Gasteiger charge is 2.28. The van der Waals surface area contributed by atoms with Crippen LogP contribution in [0.4, 0.5) is 5.82 Å². The van der Waals surface area contributed by atoms with Gasteiger partial charge in [0, 0.05) is 54.2 Å². The fourth-order valence-corrected chi connectivity index (χ4v) is 6.18. The van der Waals surface area contributed by atoms with Crippen LogP contribution in [0.25, 0.3) is 10.9 Å². The van der Waals surface area contributed by atoms with Crippen LogP contribution in [0.3, 0.4) is 0 Å². The van der Waals surface area contributed by atoms with Gasteiger partial charge < -0.3 is 4.90 Å². The van der Waals surface area contributed by atoms with Crippen molar-refractivity contribution in [3.05, 3.63) is 99.8 Å². The summed E-state index contributed by atoms with van der Waals surface area (Å²) in [4.78, 5) is 17.6. The van der Waals surface area contributed by atoms with E-state index in [0.29, 0.717) is 6.04 Å². The van der Waals surface area contributed by atoms with Crippen molar-refractivity contribution in [1.29, 1.82) is 0 Å². The summed E-state index contributed by atoms with van der Waals surface area (Å²) in [5.41, 5.74) is 3.52. The fourth-order valence-electron chi connectivity index (χ4n) is 5.93. The molecule has 0 aliphatic carbocycles. The Morgan fingerprint density at radius 2 is 1.42 bits per heavy atom. The van der Waals surface area contributed by atoms with Crippen LogP contribution in [-0.4, -0.2) is 58.5 Å². The number of aromatic nitrogens is 2. The number of anilines is 1. The molecule has 0 spiro atoms. The molecule has 4 aromatic rings. The third-order valence-corrected chi connectivity index (χ3v) is 8.47. The molecule has 196 valence electrons. The molecule has 2 aliphatic heterocycles. The Bertz CT molecular complexity index is 1340. The van der Waals surface area contributed by atoms with Gasteiger partial charge in [-0.1, -0.05) is 59.6 Å². The molecule has 6 rings (SSSR count). The van der Waals surface area contributed by atoms with Gasteiger partial charge in [-0.2, -0.15) is 0 Å². The summed E-state index contributed by atoms with van der Waals surface area (Å²) >= 11 is 12.4. The molecule has 0 bridgehead atoms. The highest BCUT2D eigenvalue weighted by molar-refractivity contribution is 6.30. The van der Waals surface area contributed by atoms with Gasteiger partial charge in [0.1, 0.15) is 11.6 Å². The molecule has 7 heteroatoms. The number of para-hydroxylation sites is 1. The van der Waals surface area contributed by atoms with Gasteiger partial charge in [0.15, 0.2) is 0 Å². The Kier molecular flexibility index (Phi) is 7.53. The molecule has 2 aliphatic rings. The van der Waals surface area contributed by atoms with Crippen molar-refractivity contribution in [2.75, 3.05) is 37.6 Å². The van der Waals surface area contributed by atoms with E-state index in [4.69, 9.17) is 33.2 Å². The largest absolute Gasteiger partial charge is 0.353 e. The number of rotatable bonds is 6. The molecule has 0 amide bonds. The molecule has 5 nitrogen and oxygen atoms in total. The number of hydrogen-bond donors (Lipinski definition) is 0. The second kappa shape index (κ2) is 11.2. The maximum absolute atomic E-state index is 6.21. The molecule has 3 aromatic carbocycles. The van der Waals surface area contributed by atoms with E-state index in [0.717, 1.165) is 71.9 Å². The SMILES string of the molecule is CC1CCCN1c1nc(CN2CCN(C(c3ccc(Cl)cc3)c3ccc(Cl)cc3)CC2)nc2ccccc12. The smallest absolute Gasteiger partial charge is 0.145 e.